The van der Waals surface area contributed by atoms with Crippen molar-refractivity contribution in [1.29, 1.82) is 0 Å². The minimum atomic E-state index is 0.900. The lowest BCUT2D eigenvalue weighted by molar-refractivity contribution is 0.669. The first-order valence-corrected chi connectivity index (χ1v) is 8.21. The van der Waals surface area contributed by atoms with Crippen LogP contribution in [0.4, 0.5) is 0 Å². The topological polar surface area (TPSA) is 37.8 Å². The van der Waals surface area contributed by atoms with Gasteiger partial charge in [0.1, 0.15) is 5.82 Å². The second-order valence-electron chi connectivity index (χ2n) is 4.22. The van der Waals surface area contributed by atoms with E-state index >= 15 is 0 Å². The third-order valence-corrected chi connectivity index (χ3v) is 4.58. The zero-order valence-electron chi connectivity index (χ0n) is 11.3. The van der Waals surface area contributed by atoms with Gasteiger partial charge < -0.3 is 5.32 Å². The molecule has 1 aromatic carbocycles. The van der Waals surface area contributed by atoms with Gasteiger partial charge in [-0.2, -0.15) is 4.37 Å². The zero-order chi connectivity index (χ0) is 13.5. The molecule has 0 atom stereocenters. The summed E-state index contributed by atoms with van der Waals surface area (Å²) in [6.07, 6.45) is 2.06. The van der Waals surface area contributed by atoms with Crippen LogP contribution in [0.3, 0.4) is 0 Å². The SMILES string of the molecule is CCCNCc1ccccc1Sc1nc(CC)ns1. The van der Waals surface area contributed by atoms with E-state index < -0.39 is 0 Å². The van der Waals surface area contributed by atoms with Crippen LogP contribution in [-0.2, 0) is 13.0 Å². The van der Waals surface area contributed by atoms with Crippen LogP contribution in [0.25, 0.3) is 0 Å². The van der Waals surface area contributed by atoms with Crippen molar-refractivity contribution in [3.63, 3.8) is 0 Å². The third-order valence-electron chi connectivity index (χ3n) is 2.68. The number of hydrogen-bond acceptors (Lipinski definition) is 5. The molecule has 0 spiro atoms. The lowest BCUT2D eigenvalue weighted by Gasteiger charge is -2.08. The Hall–Kier alpha value is -0.910. The molecule has 2 aromatic rings. The predicted molar refractivity (Wildman–Crippen MR) is 81.8 cm³/mol. The maximum Gasteiger partial charge on any atom is 0.174 e. The summed E-state index contributed by atoms with van der Waals surface area (Å²) in [7, 11) is 0. The van der Waals surface area contributed by atoms with Gasteiger partial charge in [0.25, 0.3) is 0 Å². The van der Waals surface area contributed by atoms with Crippen LogP contribution in [0, 0.1) is 0 Å². The molecule has 0 amide bonds. The highest BCUT2D eigenvalue weighted by Gasteiger charge is 2.08. The molecule has 5 heteroatoms. The molecule has 1 N–H and O–H groups in total. The molecule has 0 saturated carbocycles. The van der Waals surface area contributed by atoms with Gasteiger partial charge in [0.2, 0.25) is 0 Å². The van der Waals surface area contributed by atoms with Gasteiger partial charge in [0, 0.05) is 17.9 Å². The normalized spacial score (nSPS) is 10.8. The number of aromatic nitrogens is 2. The molecule has 19 heavy (non-hydrogen) atoms. The average Bonchev–Trinajstić information content (AvgIpc) is 2.89. The van der Waals surface area contributed by atoms with Gasteiger partial charge in [0.05, 0.1) is 0 Å². The first-order chi connectivity index (χ1) is 9.33. The molecule has 0 radical (unpaired) electrons. The summed E-state index contributed by atoms with van der Waals surface area (Å²) < 4.78 is 5.36. The summed E-state index contributed by atoms with van der Waals surface area (Å²) in [6.45, 7) is 6.23. The van der Waals surface area contributed by atoms with Gasteiger partial charge >= 0.3 is 0 Å². The number of nitrogens with zero attached hydrogens (tertiary/aromatic N) is 2. The Labute approximate surface area is 123 Å². The summed E-state index contributed by atoms with van der Waals surface area (Å²) >= 11 is 3.20. The Morgan fingerprint density at radius 3 is 2.84 bits per heavy atom. The summed E-state index contributed by atoms with van der Waals surface area (Å²) in [4.78, 5) is 5.78. The van der Waals surface area contributed by atoms with Gasteiger partial charge in [0.15, 0.2) is 4.34 Å². The minimum absolute atomic E-state index is 0.900. The van der Waals surface area contributed by atoms with Crippen LogP contribution in [0.1, 0.15) is 31.7 Å². The van der Waals surface area contributed by atoms with Crippen molar-refractivity contribution in [2.45, 2.75) is 42.5 Å². The zero-order valence-corrected chi connectivity index (χ0v) is 13.0. The summed E-state index contributed by atoms with van der Waals surface area (Å²) in [5, 5.41) is 3.45. The highest BCUT2D eigenvalue weighted by atomic mass is 32.2. The van der Waals surface area contributed by atoms with E-state index in [1.165, 1.54) is 22.0 Å². The minimum Gasteiger partial charge on any atom is -0.313 e. The van der Waals surface area contributed by atoms with Gasteiger partial charge in [-0.05, 0) is 36.1 Å². The second kappa shape index (κ2) is 7.62. The van der Waals surface area contributed by atoms with Crippen molar-refractivity contribution < 1.29 is 0 Å². The van der Waals surface area contributed by atoms with Crippen LogP contribution in [0.15, 0.2) is 33.5 Å². The fourth-order valence-electron chi connectivity index (χ4n) is 1.67. The standard InChI is InChI=1S/C14H19N3S2/c1-3-9-15-10-11-7-5-6-8-12(11)18-14-16-13(4-2)17-19-14/h5-8,15H,3-4,9-10H2,1-2H3. The van der Waals surface area contributed by atoms with Gasteiger partial charge in [-0.3, -0.25) is 0 Å². The van der Waals surface area contributed by atoms with Crippen LogP contribution >= 0.6 is 23.3 Å². The van der Waals surface area contributed by atoms with E-state index in [4.69, 9.17) is 0 Å². The van der Waals surface area contributed by atoms with Gasteiger partial charge in [-0.25, -0.2) is 4.98 Å². The van der Waals surface area contributed by atoms with E-state index in [0.717, 1.165) is 36.1 Å². The van der Waals surface area contributed by atoms with Crippen LogP contribution in [0.5, 0.6) is 0 Å². The molecule has 0 bridgehead atoms. The quantitative estimate of drug-likeness (QED) is 0.789. The van der Waals surface area contributed by atoms with Gasteiger partial charge in [-0.15, -0.1) is 0 Å². The summed E-state index contributed by atoms with van der Waals surface area (Å²) in [5.41, 5.74) is 1.33. The van der Waals surface area contributed by atoms with E-state index in [2.05, 4.69) is 52.8 Å². The molecule has 3 nitrogen and oxygen atoms in total. The molecule has 0 aliphatic rings. The Morgan fingerprint density at radius 1 is 1.26 bits per heavy atom. The smallest absolute Gasteiger partial charge is 0.174 e. The lowest BCUT2D eigenvalue weighted by Crippen LogP contribution is -2.14. The first kappa shape index (κ1) is 14.5. The molecule has 1 aromatic heterocycles. The second-order valence-corrected chi connectivity index (χ2v) is 6.26. The molecular weight excluding hydrogens is 274 g/mol. The fraction of sp³-hybridized carbons (Fsp3) is 0.429. The Kier molecular flexibility index (Phi) is 5.82. The number of rotatable bonds is 7. The molecule has 0 aliphatic heterocycles. The number of aryl methyl sites for hydroxylation is 1. The van der Waals surface area contributed by atoms with Crippen molar-refractivity contribution in [1.82, 2.24) is 14.7 Å². The molecule has 0 fully saturated rings. The van der Waals surface area contributed by atoms with Crippen molar-refractivity contribution in [3.8, 4) is 0 Å². The van der Waals surface area contributed by atoms with Crippen molar-refractivity contribution in [2.75, 3.05) is 6.54 Å². The van der Waals surface area contributed by atoms with Crippen LogP contribution in [-0.4, -0.2) is 15.9 Å². The van der Waals surface area contributed by atoms with E-state index in [0.29, 0.717) is 0 Å². The van der Waals surface area contributed by atoms with Gasteiger partial charge in [-0.1, -0.05) is 43.8 Å². The van der Waals surface area contributed by atoms with E-state index in [1.54, 1.807) is 11.8 Å². The van der Waals surface area contributed by atoms with Crippen LogP contribution < -0.4 is 5.32 Å². The Bertz CT molecular complexity index is 511. The molecule has 1 heterocycles. The number of hydrogen-bond donors (Lipinski definition) is 1. The molecule has 102 valence electrons. The van der Waals surface area contributed by atoms with E-state index in [9.17, 15) is 0 Å². The molecule has 0 aliphatic carbocycles. The Balaban J connectivity index is 2.06. The number of nitrogens with one attached hydrogen (secondary N) is 1. The molecule has 0 unspecified atom stereocenters. The summed E-state index contributed by atoms with van der Waals surface area (Å²) in [6, 6.07) is 8.49. The number of benzene rings is 1. The summed E-state index contributed by atoms with van der Waals surface area (Å²) in [5.74, 6) is 0.939. The Morgan fingerprint density at radius 2 is 2.11 bits per heavy atom. The van der Waals surface area contributed by atoms with E-state index in [-0.39, 0.29) is 0 Å². The molecular formula is C14H19N3S2. The molecule has 2 rings (SSSR count). The molecule has 0 saturated heterocycles. The maximum atomic E-state index is 4.51. The van der Waals surface area contributed by atoms with E-state index in [1.807, 2.05) is 0 Å². The highest BCUT2D eigenvalue weighted by Crippen LogP contribution is 2.31. The largest absolute Gasteiger partial charge is 0.313 e. The first-order valence-electron chi connectivity index (χ1n) is 6.62. The predicted octanol–water partition coefficient (Wildman–Crippen LogP) is 3.75. The highest BCUT2D eigenvalue weighted by molar-refractivity contribution is 8.01. The van der Waals surface area contributed by atoms with Crippen molar-refractivity contribution >= 4 is 23.3 Å². The van der Waals surface area contributed by atoms with Crippen LogP contribution in [0.2, 0.25) is 0 Å². The fourth-order valence-corrected chi connectivity index (χ4v) is 3.45. The maximum absolute atomic E-state index is 4.51. The van der Waals surface area contributed by atoms with Crippen molar-refractivity contribution in [3.05, 3.63) is 35.7 Å². The lowest BCUT2D eigenvalue weighted by atomic mass is 10.2. The monoisotopic (exact) mass is 293 g/mol. The van der Waals surface area contributed by atoms with Crippen molar-refractivity contribution in [2.24, 2.45) is 0 Å². The third kappa shape index (κ3) is 4.30. The average molecular weight is 293 g/mol.